The molecule has 0 N–H and O–H groups in total. The average Bonchev–Trinajstić information content (AvgIpc) is 3.27. The first-order valence-electron chi connectivity index (χ1n) is 11.9. The van der Waals surface area contributed by atoms with E-state index >= 15 is 0 Å². The minimum absolute atomic E-state index is 0.0945. The van der Waals surface area contributed by atoms with Gasteiger partial charge in [0.2, 0.25) is 5.91 Å². The van der Waals surface area contributed by atoms with Gasteiger partial charge in [-0.1, -0.05) is 30.3 Å². The fourth-order valence-corrected chi connectivity index (χ4v) is 5.00. The predicted molar refractivity (Wildman–Crippen MR) is 121 cm³/mol. The van der Waals surface area contributed by atoms with Gasteiger partial charge in [-0.2, -0.15) is 26.3 Å². The van der Waals surface area contributed by atoms with Crippen molar-refractivity contribution >= 4 is 5.91 Å². The molecule has 4 rings (SSSR count). The number of benzene rings is 2. The van der Waals surface area contributed by atoms with Gasteiger partial charge in [0.25, 0.3) is 0 Å². The van der Waals surface area contributed by atoms with E-state index < -0.39 is 35.0 Å². The van der Waals surface area contributed by atoms with Crippen LogP contribution in [0.4, 0.5) is 26.3 Å². The topological polar surface area (TPSA) is 32.8 Å². The minimum Gasteiger partial charge on any atom is -0.373 e. The molecule has 0 radical (unpaired) electrons. The molecule has 0 aliphatic carbocycles. The van der Waals surface area contributed by atoms with Crippen molar-refractivity contribution in [3.63, 3.8) is 0 Å². The number of halogens is 6. The van der Waals surface area contributed by atoms with E-state index in [1.165, 1.54) is 6.92 Å². The van der Waals surface area contributed by atoms with Gasteiger partial charge in [-0.3, -0.25) is 9.80 Å². The van der Waals surface area contributed by atoms with Crippen LogP contribution < -0.4 is 0 Å². The summed E-state index contributed by atoms with van der Waals surface area (Å²) in [6.07, 6.45) is -8.23. The number of hydrazine groups is 1. The first kappa shape index (κ1) is 26.5. The number of ether oxygens (including phenoxy) is 1. The molecular weight excluding hydrogens is 486 g/mol. The van der Waals surface area contributed by atoms with E-state index in [1.807, 2.05) is 35.3 Å². The maximum absolute atomic E-state index is 13.3. The summed E-state index contributed by atoms with van der Waals surface area (Å²) in [5.74, 6) is 0.0945. The normalized spacial score (nSPS) is 20.1. The first-order valence-corrected chi connectivity index (χ1v) is 11.9. The quantitative estimate of drug-likeness (QED) is 0.420. The van der Waals surface area contributed by atoms with Crippen LogP contribution >= 0.6 is 0 Å². The maximum atomic E-state index is 13.3. The Morgan fingerprint density at radius 2 is 1.50 bits per heavy atom. The monoisotopic (exact) mass is 514 g/mol. The number of rotatable bonds is 6. The highest BCUT2D eigenvalue weighted by Crippen LogP contribution is 2.40. The fraction of sp³-hybridized carbons (Fsp3) is 0.500. The van der Waals surface area contributed by atoms with Crippen LogP contribution in [0.15, 0.2) is 48.5 Å². The molecule has 1 amide bonds. The highest BCUT2D eigenvalue weighted by molar-refractivity contribution is 5.77. The van der Waals surface area contributed by atoms with Gasteiger partial charge in [-0.05, 0) is 55.5 Å². The molecule has 2 fully saturated rings. The summed E-state index contributed by atoms with van der Waals surface area (Å²) in [7, 11) is 0. The molecule has 0 bridgehead atoms. The number of carbonyl (C=O) groups is 1. The molecule has 196 valence electrons. The zero-order chi connectivity index (χ0) is 26.1. The highest BCUT2D eigenvalue weighted by atomic mass is 19.4. The van der Waals surface area contributed by atoms with Crippen LogP contribution in [0.25, 0.3) is 0 Å². The SMILES string of the molecule is C[C@H](OCC1(c2ccccc2)CCN(N2CCCC2=O)CC1)c1cc(C(F)(F)F)cc(C(F)(F)F)c1. The Bertz CT molecular complexity index is 1030. The second-order valence-corrected chi connectivity index (χ2v) is 9.51. The van der Waals surface area contributed by atoms with Crippen molar-refractivity contribution in [2.24, 2.45) is 0 Å². The molecule has 0 aromatic heterocycles. The standard InChI is InChI=1S/C26H28F6N2O2/c1-18(19-14-21(25(27,28)29)16-22(15-19)26(30,31)32)36-17-24(20-6-3-2-4-7-20)9-12-33(13-10-24)34-11-5-8-23(34)35/h2-4,6-7,14-16,18H,5,8-13,17H2,1H3/t18-/m0/s1. The van der Waals surface area contributed by atoms with Crippen LogP contribution in [0.5, 0.6) is 0 Å². The Kier molecular flexibility index (Phi) is 7.39. The molecule has 2 aliphatic heterocycles. The van der Waals surface area contributed by atoms with Gasteiger partial charge in [0.15, 0.2) is 0 Å². The Morgan fingerprint density at radius 3 is 2.00 bits per heavy atom. The average molecular weight is 515 g/mol. The molecule has 0 saturated carbocycles. The summed E-state index contributed by atoms with van der Waals surface area (Å²) in [5, 5.41) is 3.81. The lowest BCUT2D eigenvalue weighted by molar-refractivity contribution is -0.147. The largest absolute Gasteiger partial charge is 0.416 e. The van der Waals surface area contributed by atoms with E-state index in [0.717, 1.165) is 24.1 Å². The van der Waals surface area contributed by atoms with Crippen molar-refractivity contribution in [1.82, 2.24) is 10.0 Å². The van der Waals surface area contributed by atoms with Crippen molar-refractivity contribution in [1.29, 1.82) is 0 Å². The van der Waals surface area contributed by atoms with Gasteiger partial charge in [0.05, 0.1) is 23.8 Å². The number of nitrogens with zero attached hydrogens (tertiary/aromatic N) is 2. The third-order valence-electron chi connectivity index (χ3n) is 7.16. The predicted octanol–water partition coefficient (Wildman–Crippen LogP) is 6.37. The Balaban J connectivity index is 1.55. The fourth-order valence-electron chi connectivity index (χ4n) is 5.00. The molecule has 2 aromatic rings. The number of hydrogen-bond acceptors (Lipinski definition) is 3. The van der Waals surface area contributed by atoms with Crippen LogP contribution in [0.2, 0.25) is 0 Å². The molecular formula is C26H28F6N2O2. The van der Waals surface area contributed by atoms with E-state index in [2.05, 4.69) is 0 Å². The van der Waals surface area contributed by atoms with Gasteiger partial charge < -0.3 is 4.74 Å². The molecule has 2 heterocycles. The van der Waals surface area contributed by atoms with Crippen LogP contribution in [-0.2, 0) is 27.3 Å². The second kappa shape index (κ2) is 10.0. The first-order chi connectivity index (χ1) is 16.9. The summed E-state index contributed by atoms with van der Waals surface area (Å²) in [6, 6.07) is 11.1. The van der Waals surface area contributed by atoms with Gasteiger partial charge in [-0.25, -0.2) is 5.01 Å². The van der Waals surface area contributed by atoms with Crippen LogP contribution in [-0.4, -0.2) is 42.2 Å². The summed E-state index contributed by atoms with van der Waals surface area (Å²) in [4.78, 5) is 12.2. The summed E-state index contributed by atoms with van der Waals surface area (Å²) in [6.45, 7) is 3.46. The van der Waals surface area contributed by atoms with Gasteiger partial charge >= 0.3 is 12.4 Å². The Labute approximate surface area is 205 Å². The zero-order valence-electron chi connectivity index (χ0n) is 19.8. The third kappa shape index (κ3) is 5.70. The molecule has 0 unspecified atom stereocenters. The molecule has 2 aliphatic rings. The van der Waals surface area contributed by atoms with Gasteiger partial charge in [0.1, 0.15) is 0 Å². The van der Waals surface area contributed by atoms with Crippen molar-refractivity contribution in [2.75, 3.05) is 26.2 Å². The number of carbonyl (C=O) groups excluding carboxylic acids is 1. The summed E-state index contributed by atoms with van der Waals surface area (Å²) in [5.41, 5.74) is -2.39. The van der Waals surface area contributed by atoms with E-state index in [-0.39, 0.29) is 24.1 Å². The van der Waals surface area contributed by atoms with E-state index in [1.54, 1.807) is 5.01 Å². The van der Waals surface area contributed by atoms with Gasteiger partial charge in [0, 0.05) is 31.5 Å². The Hall–Kier alpha value is -2.59. The minimum atomic E-state index is -4.92. The lowest BCUT2D eigenvalue weighted by atomic mass is 9.73. The third-order valence-corrected chi connectivity index (χ3v) is 7.16. The number of alkyl halides is 6. The van der Waals surface area contributed by atoms with Crippen LogP contribution in [0.1, 0.15) is 61.0 Å². The van der Waals surface area contributed by atoms with Crippen molar-refractivity contribution in [3.05, 3.63) is 70.8 Å². The smallest absolute Gasteiger partial charge is 0.373 e. The number of hydrogen-bond donors (Lipinski definition) is 0. The van der Waals surface area contributed by atoms with Crippen LogP contribution in [0.3, 0.4) is 0 Å². The summed E-state index contributed by atoms with van der Waals surface area (Å²) < 4.78 is 85.9. The Morgan fingerprint density at radius 1 is 0.917 bits per heavy atom. The number of piperidine rings is 1. The van der Waals surface area contributed by atoms with Gasteiger partial charge in [-0.15, -0.1) is 0 Å². The molecule has 2 saturated heterocycles. The lowest BCUT2D eigenvalue weighted by Crippen LogP contribution is -2.52. The van der Waals surface area contributed by atoms with Crippen molar-refractivity contribution in [2.45, 2.75) is 56.5 Å². The van der Waals surface area contributed by atoms with Crippen LogP contribution in [0, 0.1) is 0 Å². The van der Waals surface area contributed by atoms with Crippen molar-refractivity contribution in [3.8, 4) is 0 Å². The van der Waals surface area contributed by atoms with Crippen molar-refractivity contribution < 1.29 is 35.9 Å². The molecule has 2 aromatic carbocycles. The molecule has 10 heteroatoms. The van der Waals surface area contributed by atoms with E-state index in [4.69, 9.17) is 4.74 Å². The highest BCUT2D eigenvalue weighted by Gasteiger charge is 2.41. The molecule has 36 heavy (non-hydrogen) atoms. The molecule has 1 atom stereocenters. The van der Waals surface area contributed by atoms with E-state index in [0.29, 0.717) is 38.9 Å². The molecule has 4 nitrogen and oxygen atoms in total. The summed E-state index contributed by atoms with van der Waals surface area (Å²) >= 11 is 0. The maximum Gasteiger partial charge on any atom is 0.416 e. The lowest BCUT2D eigenvalue weighted by Gasteiger charge is -2.45. The van der Waals surface area contributed by atoms with E-state index in [9.17, 15) is 31.1 Å². The number of amides is 1. The molecule has 0 spiro atoms. The zero-order valence-corrected chi connectivity index (χ0v) is 19.8. The second-order valence-electron chi connectivity index (χ2n) is 9.51.